The van der Waals surface area contributed by atoms with Crippen LogP contribution < -0.4 is 10.3 Å². The Hall–Kier alpha value is -1.92. The average Bonchev–Trinajstić information content (AvgIpc) is 3.04. The molecule has 0 saturated heterocycles. The van der Waals surface area contributed by atoms with Crippen molar-refractivity contribution in [2.24, 2.45) is 0 Å². The highest BCUT2D eigenvalue weighted by molar-refractivity contribution is 8.01. The first-order valence-electron chi connectivity index (χ1n) is 8.51. The molecule has 1 heterocycles. The maximum Gasteiger partial charge on any atom is 0.157 e. The number of nitrogens with one attached hydrogen (secondary N) is 1. The monoisotopic (exact) mass is 446 g/mol. The van der Waals surface area contributed by atoms with E-state index in [0.29, 0.717) is 10.0 Å². The second-order valence-corrected chi connectivity index (χ2v) is 9.48. The second-order valence-electron chi connectivity index (χ2n) is 6.31. The Balaban J connectivity index is 1.47. The van der Waals surface area contributed by atoms with Gasteiger partial charge in [0.2, 0.25) is 0 Å². The summed E-state index contributed by atoms with van der Waals surface area (Å²) >= 11 is 15.7. The van der Waals surface area contributed by atoms with Crippen molar-refractivity contribution in [3.63, 3.8) is 0 Å². The lowest BCUT2D eigenvalue weighted by atomic mass is 10.1. The summed E-state index contributed by atoms with van der Waals surface area (Å²) in [5.41, 5.74) is 6.91. The van der Waals surface area contributed by atoms with E-state index >= 15 is 0 Å². The first-order valence-corrected chi connectivity index (χ1v) is 10.9. The fourth-order valence-corrected chi connectivity index (χ4v) is 5.16. The Morgan fingerprint density at radius 2 is 1.86 bits per heavy atom. The number of halogens is 2. The molecule has 0 saturated carbocycles. The molecule has 0 unspecified atom stereocenters. The number of hydrogen-bond donors (Lipinski definition) is 1. The van der Waals surface area contributed by atoms with Gasteiger partial charge in [0.05, 0.1) is 20.9 Å². The summed E-state index contributed by atoms with van der Waals surface area (Å²) in [6.45, 7) is 4.07. The van der Waals surface area contributed by atoms with Gasteiger partial charge in [-0.05, 0) is 61.9 Å². The molecular weight excluding hydrogens is 431 g/mol. The van der Waals surface area contributed by atoms with Gasteiger partial charge in [0.1, 0.15) is 0 Å². The zero-order valence-electron chi connectivity index (χ0n) is 15.1. The van der Waals surface area contributed by atoms with Crippen molar-refractivity contribution in [3.05, 3.63) is 75.8 Å². The molecular formula is C21H16Cl2N2OS2. The van der Waals surface area contributed by atoms with E-state index in [2.05, 4.69) is 23.5 Å². The summed E-state index contributed by atoms with van der Waals surface area (Å²) in [5, 5.41) is 1.32. The van der Waals surface area contributed by atoms with E-state index in [1.807, 2.05) is 55.5 Å². The SMILES string of the molecule is Cc1ccc(ONc2ccc(Sc3nc4cc(Cl)ccc4s3)c(Cl)c2)c(C)c1. The van der Waals surface area contributed by atoms with Crippen molar-refractivity contribution >= 4 is 62.2 Å². The van der Waals surface area contributed by atoms with Gasteiger partial charge in [0.25, 0.3) is 0 Å². The molecule has 142 valence electrons. The van der Waals surface area contributed by atoms with Crippen molar-refractivity contribution in [2.75, 3.05) is 5.48 Å². The molecule has 0 bridgehead atoms. The fourth-order valence-electron chi connectivity index (χ4n) is 2.69. The lowest BCUT2D eigenvalue weighted by molar-refractivity contribution is 0.402. The van der Waals surface area contributed by atoms with E-state index in [1.165, 1.54) is 17.3 Å². The average molecular weight is 447 g/mol. The molecule has 0 aliphatic rings. The third-order valence-corrected chi connectivity index (χ3v) is 6.90. The molecule has 1 aromatic heterocycles. The molecule has 0 radical (unpaired) electrons. The third kappa shape index (κ3) is 4.39. The van der Waals surface area contributed by atoms with Crippen molar-refractivity contribution in [2.45, 2.75) is 23.1 Å². The zero-order chi connectivity index (χ0) is 19.7. The number of benzene rings is 3. The van der Waals surface area contributed by atoms with E-state index in [-0.39, 0.29) is 0 Å². The molecule has 0 atom stereocenters. The summed E-state index contributed by atoms with van der Waals surface area (Å²) < 4.78 is 2.02. The van der Waals surface area contributed by atoms with Gasteiger partial charge in [0, 0.05) is 9.92 Å². The predicted octanol–water partition coefficient (Wildman–Crippen LogP) is 7.78. The van der Waals surface area contributed by atoms with Crippen LogP contribution in [0.1, 0.15) is 11.1 Å². The van der Waals surface area contributed by atoms with E-state index < -0.39 is 0 Å². The lowest BCUT2D eigenvalue weighted by Gasteiger charge is -2.12. The minimum Gasteiger partial charge on any atom is -0.382 e. The number of anilines is 1. The van der Waals surface area contributed by atoms with Gasteiger partial charge in [-0.3, -0.25) is 0 Å². The molecule has 0 aliphatic heterocycles. The van der Waals surface area contributed by atoms with Crippen LogP contribution >= 0.6 is 46.3 Å². The van der Waals surface area contributed by atoms with Crippen LogP contribution in [0, 0.1) is 13.8 Å². The Morgan fingerprint density at radius 3 is 2.64 bits per heavy atom. The van der Waals surface area contributed by atoms with Gasteiger partial charge in [-0.25, -0.2) is 10.5 Å². The summed E-state index contributed by atoms with van der Waals surface area (Å²) in [5.74, 6) is 0.785. The Kier molecular flexibility index (Phi) is 5.69. The van der Waals surface area contributed by atoms with Crippen LogP contribution in [0.5, 0.6) is 5.75 Å². The summed E-state index contributed by atoms with van der Waals surface area (Å²) in [6, 6.07) is 17.5. The normalized spacial score (nSPS) is 11.0. The minimum absolute atomic E-state index is 0.636. The molecule has 0 amide bonds. The van der Waals surface area contributed by atoms with Crippen molar-refractivity contribution < 1.29 is 4.84 Å². The number of hydrogen-bond acceptors (Lipinski definition) is 5. The predicted molar refractivity (Wildman–Crippen MR) is 120 cm³/mol. The maximum atomic E-state index is 6.48. The van der Waals surface area contributed by atoms with Gasteiger partial charge < -0.3 is 4.84 Å². The highest BCUT2D eigenvalue weighted by Gasteiger charge is 2.10. The van der Waals surface area contributed by atoms with Gasteiger partial charge in [0.15, 0.2) is 10.1 Å². The molecule has 1 N–H and O–H groups in total. The van der Waals surface area contributed by atoms with E-state index in [4.69, 9.17) is 28.0 Å². The molecule has 0 fully saturated rings. The number of thiazole rings is 1. The summed E-state index contributed by atoms with van der Waals surface area (Å²) in [4.78, 5) is 11.3. The molecule has 3 nitrogen and oxygen atoms in total. The van der Waals surface area contributed by atoms with Crippen LogP contribution in [-0.4, -0.2) is 4.98 Å². The maximum absolute atomic E-state index is 6.48. The highest BCUT2D eigenvalue weighted by Crippen LogP contribution is 2.39. The largest absolute Gasteiger partial charge is 0.382 e. The minimum atomic E-state index is 0.636. The smallest absolute Gasteiger partial charge is 0.157 e. The number of fused-ring (bicyclic) bond motifs is 1. The van der Waals surface area contributed by atoms with Crippen molar-refractivity contribution in [1.82, 2.24) is 4.98 Å². The first-order chi connectivity index (χ1) is 13.5. The van der Waals surface area contributed by atoms with E-state index in [1.54, 1.807) is 11.3 Å². The van der Waals surface area contributed by atoms with Crippen LogP contribution in [0.2, 0.25) is 10.0 Å². The quantitative estimate of drug-likeness (QED) is 0.317. The highest BCUT2D eigenvalue weighted by atomic mass is 35.5. The van der Waals surface area contributed by atoms with Gasteiger partial charge in [-0.15, -0.1) is 11.3 Å². The summed E-state index contributed by atoms with van der Waals surface area (Å²) in [6.07, 6.45) is 0. The Bertz CT molecular complexity index is 1160. The van der Waals surface area contributed by atoms with E-state index in [0.717, 1.165) is 36.5 Å². The van der Waals surface area contributed by atoms with Gasteiger partial charge in [-0.1, -0.05) is 52.7 Å². The molecule has 28 heavy (non-hydrogen) atoms. The molecule has 0 spiro atoms. The Morgan fingerprint density at radius 1 is 1.00 bits per heavy atom. The topological polar surface area (TPSA) is 34.1 Å². The molecule has 3 aromatic carbocycles. The fraction of sp³-hybridized carbons (Fsp3) is 0.0952. The van der Waals surface area contributed by atoms with E-state index in [9.17, 15) is 0 Å². The number of nitrogens with zero attached hydrogens (tertiary/aromatic N) is 1. The lowest BCUT2D eigenvalue weighted by Crippen LogP contribution is -2.05. The second kappa shape index (κ2) is 8.21. The number of aromatic nitrogens is 1. The first kappa shape index (κ1) is 19.4. The standard InChI is InChI=1S/C21H16Cl2N2OS2/c1-12-3-6-18(13(2)9-12)26-25-15-5-8-19(16(23)11-15)27-21-24-17-10-14(22)4-7-20(17)28-21/h3-11,25H,1-2H3. The van der Waals surface area contributed by atoms with Gasteiger partial charge in [-0.2, -0.15) is 0 Å². The molecule has 4 aromatic rings. The van der Waals surface area contributed by atoms with Crippen LogP contribution in [0.25, 0.3) is 10.2 Å². The number of rotatable bonds is 5. The van der Waals surface area contributed by atoms with Crippen LogP contribution in [-0.2, 0) is 0 Å². The molecule has 0 aliphatic carbocycles. The number of aryl methyl sites for hydroxylation is 2. The molecule has 4 rings (SSSR count). The van der Waals surface area contributed by atoms with Crippen LogP contribution in [0.15, 0.2) is 63.8 Å². The zero-order valence-corrected chi connectivity index (χ0v) is 18.3. The Labute approximate surface area is 181 Å². The van der Waals surface area contributed by atoms with Crippen molar-refractivity contribution in [3.8, 4) is 5.75 Å². The van der Waals surface area contributed by atoms with Crippen LogP contribution in [0.3, 0.4) is 0 Å². The molecule has 7 heteroatoms. The summed E-state index contributed by atoms with van der Waals surface area (Å²) in [7, 11) is 0. The van der Waals surface area contributed by atoms with Crippen LogP contribution in [0.4, 0.5) is 5.69 Å². The third-order valence-electron chi connectivity index (χ3n) is 4.07. The van der Waals surface area contributed by atoms with Gasteiger partial charge >= 0.3 is 0 Å². The van der Waals surface area contributed by atoms with Crippen molar-refractivity contribution in [1.29, 1.82) is 0 Å².